The van der Waals surface area contributed by atoms with Crippen LogP contribution >= 0.6 is 0 Å². The van der Waals surface area contributed by atoms with Crippen molar-refractivity contribution in [2.24, 2.45) is 0 Å². The van der Waals surface area contributed by atoms with Gasteiger partial charge in [-0.05, 0) is 0 Å². The Morgan fingerprint density at radius 2 is 1.33 bits per heavy atom. The highest BCUT2D eigenvalue weighted by Gasteiger charge is 2.51. The van der Waals surface area contributed by atoms with Crippen LogP contribution in [-0.4, -0.2) is 66.3 Å². The van der Waals surface area contributed by atoms with Gasteiger partial charge in [0.15, 0.2) is 6.10 Å². The Morgan fingerprint density at radius 1 is 0.833 bits per heavy atom. The highest BCUT2D eigenvalue weighted by atomic mass is 16.7. The van der Waals surface area contributed by atoms with Gasteiger partial charge < -0.3 is 28.8 Å². The Bertz CT molecular complexity index is 502. The van der Waals surface area contributed by atoms with E-state index in [1.807, 2.05) is 0 Å². The number of aliphatic hydroxyl groups excluding tert-OH is 1. The van der Waals surface area contributed by atoms with E-state index in [1.165, 1.54) is 0 Å². The standard InChI is InChI=1S/C14H20O10/c1-6(15)20-5-10-11(19)12(21-7(2)16)13(22-8(3)17)14(24-10)23-9(4)18/h10-14,19H,5H2,1-4H3/t10-,11+,12+,13-,14?/m1/s1. The number of rotatable bonds is 5. The first kappa shape index (κ1) is 19.8. The van der Waals surface area contributed by atoms with Crippen LogP contribution in [0.1, 0.15) is 27.7 Å². The molecule has 136 valence electrons. The number of aliphatic hydroxyl groups is 1. The van der Waals surface area contributed by atoms with E-state index in [4.69, 9.17) is 23.7 Å². The van der Waals surface area contributed by atoms with Crippen molar-refractivity contribution in [3.8, 4) is 0 Å². The molecule has 1 unspecified atom stereocenters. The lowest BCUT2D eigenvalue weighted by Gasteiger charge is -2.42. The van der Waals surface area contributed by atoms with E-state index in [-0.39, 0.29) is 6.61 Å². The fraction of sp³-hybridized carbons (Fsp3) is 0.714. The van der Waals surface area contributed by atoms with Crippen LogP contribution < -0.4 is 0 Å². The first-order chi connectivity index (χ1) is 11.1. The minimum absolute atomic E-state index is 0.376. The van der Waals surface area contributed by atoms with E-state index in [1.54, 1.807) is 0 Å². The molecule has 0 bridgehead atoms. The molecule has 0 aromatic rings. The fourth-order valence-electron chi connectivity index (χ4n) is 2.13. The van der Waals surface area contributed by atoms with Crippen molar-refractivity contribution in [1.29, 1.82) is 0 Å². The number of esters is 4. The third-order valence-electron chi connectivity index (χ3n) is 2.96. The number of ether oxygens (including phenoxy) is 5. The second-order valence-corrected chi connectivity index (χ2v) is 5.09. The predicted octanol–water partition coefficient (Wildman–Crippen LogP) is -0.938. The molecule has 0 radical (unpaired) electrons. The summed E-state index contributed by atoms with van der Waals surface area (Å²) >= 11 is 0. The largest absolute Gasteiger partial charge is 0.463 e. The van der Waals surface area contributed by atoms with Gasteiger partial charge in [0.2, 0.25) is 12.4 Å². The molecule has 0 saturated carbocycles. The van der Waals surface area contributed by atoms with E-state index in [9.17, 15) is 24.3 Å². The van der Waals surface area contributed by atoms with Crippen molar-refractivity contribution < 1.29 is 48.0 Å². The topological polar surface area (TPSA) is 135 Å². The second kappa shape index (κ2) is 8.60. The molecular formula is C14H20O10. The molecule has 0 amide bonds. The first-order valence-corrected chi connectivity index (χ1v) is 7.10. The van der Waals surface area contributed by atoms with Crippen molar-refractivity contribution >= 4 is 23.9 Å². The summed E-state index contributed by atoms with van der Waals surface area (Å²) in [6.07, 6.45) is -6.83. The Kier molecular flexibility index (Phi) is 7.11. The predicted molar refractivity (Wildman–Crippen MR) is 74.2 cm³/mol. The summed E-state index contributed by atoms with van der Waals surface area (Å²) in [7, 11) is 0. The molecule has 1 N–H and O–H groups in total. The van der Waals surface area contributed by atoms with Crippen LogP contribution in [0.25, 0.3) is 0 Å². The molecule has 1 saturated heterocycles. The van der Waals surface area contributed by atoms with Crippen LogP contribution in [0.2, 0.25) is 0 Å². The molecule has 10 nitrogen and oxygen atoms in total. The lowest BCUT2D eigenvalue weighted by atomic mass is 9.98. The Hall–Kier alpha value is -2.20. The summed E-state index contributed by atoms with van der Waals surface area (Å²) in [4.78, 5) is 44.7. The van der Waals surface area contributed by atoms with E-state index in [0.717, 1.165) is 27.7 Å². The maximum absolute atomic E-state index is 11.3. The van der Waals surface area contributed by atoms with E-state index >= 15 is 0 Å². The normalized spacial score (nSPS) is 29.3. The van der Waals surface area contributed by atoms with Crippen molar-refractivity contribution in [3.63, 3.8) is 0 Å². The SMILES string of the molecule is CC(=O)OC[C@H]1OC(OC(C)=O)[C@H](OC(C)=O)[C@@H](OC(C)=O)[C@H]1O. The van der Waals surface area contributed by atoms with Crippen molar-refractivity contribution in [2.75, 3.05) is 6.61 Å². The summed E-state index contributed by atoms with van der Waals surface area (Å²) in [5.74, 6) is -2.89. The van der Waals surface area contributed by atoms with Crippen LogP contribution in [0.5, 0.6) is 0 Å². The van der Waals surface area contributed by atoms with Gasteiger partial charge in [-0.25, -0.2) is 0 Å². The molecule has 24 heavy (non-hydrogen) atoms. The van der Waals surface area contributed by atoms with Crippen LogP contribution in [-0.2, 0) is 42.9 Å². The average Bonchev–Trinajstić information content (AvgIpc) is 2.42. The zero-order chi connectivity index (χ0) is 18.4. The summed E-state index contributed by atoms with van der Waals surface area (Å²) in [5.41, 5.74) is 0. The quantitative estimate of drug-likeness (QED) is 0.490. The minimum atomic E-state index is -1.48. The summed E-state index contributed by atoms with van der Waals surface area (Å²) in [6.45, 7) is 4.06. The Balaban J connectivity index is 3.07. The number of carbonyl (C=O) groups excluding carboxylic acids is 4. The van der Waals surface area contributed by atoms with Gasteiger partial charge in [0.25, 0.3) is 0 Å². The van der Waals surface area contributed by atoms with E-state index in [0.29, 0.717) is 0 Å². The lowest BCUT2D eigenvalue weighted by molar-refractivity contribution is -0.298. The highest BCUT2D eigenvalue weighted by molar-refractivity contribution is 5.68. The zero-order valence-electron chi connectivity index (χ0n) is 13.7. The van der Waals surface area contributed by atoms with Gasteiger partial charge in [-0.2, -0.15) is 0 Å². The van der Waals surface area contributed by atoms with Crippen LogP contribution in [0, 0.1) is 0 Å². The van der Waals surface area contributed by atoms with E-state index in [2.05, 4.69) is 0 Å². The fourth-order valence-corrected chi connectivity index (χ4v) is 2.13. The Morgan fingerprint density at radius 3 is 1.79 bits per heavy atom. The molecule has 5 atom stereocenters. The molecule has 1 fully saturated rings. The van der Waals surface area contributed by atoms with Crippen molar-refractivity contribution in [3.05, 3.63) is 0 Å². The maximum atomic E-state index is 11.3. The van der Waals surface area contributed by atoms with Gasteiger partial charge in [-0.15, -0.1) is 0 Å². The van der Waals surface area contributed by atoms with Crippen LogP contribution in [0.15, 0.2) is 0 Å². The summed E-state index contributed by atoms with van der Waals surface area (Å²) in [6, 6.07) is 0. The van der Waals surface area contributed by atoms with Gasteiger partial charge in [0.05, 0.1) is 0 Å². The first-order valence-electron chi connectivity index (χ1n) is 7.10. The minimum Gasteiger partial charge on any atom is -0.463 e. The number of hydrogen-bond acceptors (Lipinski definition) is 10. The molecule has 0 aromatic carbocycles. The maximum Gasteiger partial charge on any atom is 0.305 e. The van der Waals surface area contributed by atoms with Crippen LogP contribution in [0.4, 0.5) is 0 Å². The third-order valence-corrected chi connectivity index (χ3v) is 2.96. The smallest absolute Gasteiger partial charge is 0.305 e. The average molecular weight is 348 g/mol. The molecule has 1 aliphatic heterocycles. The number of hydrogen-bond donors (Lipinski definition) is 1. The molecule has 10 heteroatoms. The third kappa shape index (κ3) is 5.78. The lowest BCUT2D eigenvalue weighted by Crippen LogP contribution is -2.62. The van der Waals surface area contributed by atoms with Gasteiger partial charge in [-0.3, -0.25) is 19.2 Å². The molecule has 1 aliphatic rings. The van der Waals surface area contributed by atoms with Gasteiger partial charge in [0, 0.05) is 27.7 Å². The highest BCUT2D eigenvalue weighted by Crippen LogP contribution is 2.27. The van der Waals surface area contributed by atoms with E-state index < -0.39 is 54.6 Å². The van der Waals surface area contributed by atoms with Crippen molar-refractivity contribution in [1.82, 2.24) is 0 Å². The monoisotopic (exact) mass is 348 g/mol. The molecular weight excluding hydrogens is 328 g/mol. The molecule has 1 rings (SSSR count). The second-order valence-electron chi connectivity index (χ2n) is 5.09. The van der Waals surface area contributed by atoms with Gasteiger partial charge >= 0.3 is 23.9 Å². The Labute approximate surface area is 137 Å². The molecule has 1 heterocycles. The zero-order valence-corrected chi connectivity index (χ0v) is 13.7. The van der Waals surface area contributed by atoms with Gasteiger partial charge in [-0.1, -0.05) is 0 Å². The van der Waals surface area contributed by atoms with Gasteiger partial charge in [0.1, 0.15) is 18.8 Å². The van der Waals surface area contributed by atoms with Crippen LogP contribution in [0.3, 0.4) is 0 Å². The summed E-state index contributed by atoms with van der Waals surface area (Å²) < 4.78 is 25.0. The summed E-state index contributed by atoms with van der Waals surface area (Å²) in [5, 5.41) is 10.3. The molecule has 0 spiro atoms. The van der Waals surface area contributed by atoms with Crippen molar-refractivity contribution in [2.45, 2.75) is 58.4 Å². The number of carbonyl (C=O) groups is 4. The molecule has 0 aliphatic carbocycles. The molecule has 0 aromatic heterocycles.